The third kappa shape index (κ3) is 4.49. The number of nitrogens with zero attached hydrogens (tertiary/aromatic N) is 5. The van der Waals surface area contributed by atoms with E-state index in [2.05, 4.69) is 21.6 Å². The van der Waals surface area contributed by atoms with Crippen LogP contribution in [-0.2, 0) is 9.53 Å². The Bertz CT molecular complexity index is 1140. The highest BCUT2D eigenvalue weighted by Gasteiger charge is 2.56. The van der Waals surface area contributed by atoms with E-state index < -0.39 is 0 Å². The number of hydrogen-bond donors (Lipinski definition) is 1. The van der Waals surface area contributed by atoms with Crippen molar-refractivity contribution in [2.75, 3.05) is 6.61 Å². The van der Waals surface area contributed by atoms with Gasteiger partial charge in [-0.05, 0) is 61.3 Å². The van der Waals surface area contributed by atoms with E-state index in [4.69, 9.17) is 10.00 Å². The molecule has 184 valence electrons. The van der Waals surface area contributed by atoms with Crippen molar-refractivity contribution in [2.45, 2.75) is 58.4 Å². The molecule has 2 unspecified atom stereocenters. The van der Waals surface area contributed by atoms with Crippen molar-refractivity contribution in [3.8, 4) is 11.9 Å². The molecular weight excluding hydrogens is 444 g/mol. The summed E-state index contributed by atoms with van der Waals surface area (Å²) in [5.41, 5.74) is 0.211. The molecule has 4 fully saturated rings. The Morgan fingerprint density at radius 3 is 2.74 bits per heavy atom. The van der Waals surface area contributed by atoms with Crippen LogP contribution in [0.3, 0.4) is 0 Å². The first-order chi connectivity index (χ1) is 16.8. The summed E-state index contributed by atoms with van der Waals surface area (Å²) in [4.78, 5) is 24.4. The van der Waals surface area contributed by atoms with Gasteiger partial charge in [0, 0.05) is 36.5 Å². The van der Waals surface area contributed by atoms with Crippen LogP contribution in [0.15, 0.2) is 30.7 Å². The highest BCUT2D eigenvalue weighted by atomic mass is 16.5. The van der Waals surface area contributed by atoms with Gasteiger partial charge in [0.2, 0.25) is 0 Å². The molecular formula is C26H32N6O3. The molecule has 2 aromatic heterocycles. The van der Waals surface area contributed by atoms with Crippen LogP contribution in [0, 0.1) is 39.9 Å². The molecule has 9 heteroatoms. The van der Waals surface area contributed by atoms with Crippen LogP contribution in [0.2, 0.25) is 0 Å². The summed E-state index contributed by atoms with van der Waals surface area (Å²) < 4.78 is 8.50. The van der Waals surface area contributed by atoms with Gasteiger partial charge >= 0.3 is 0 Å². The first kappa shape index (κ1) is 23.3. The molecule has 1 amide bonds. The van der Waals surface area contributed by atoms with Crippen LogP contribution in [0.25, 0.3) is 12.0 Å². The Labute approximate surface area is 205 Å². The molecule has 0 spiro atoms. The van der Waals surface area contributed by atoms with Gasteiger partial charge in [0.05, 0.1) is 18.9 Å². The fourth-order valence-corrected chi connectivity index (χ4v) is 6.83. The van der Waals surface area contributed by atoms with Crippen molar-refractivity contribution in [1.82, 2.24) is 24.9 Å². The van der Waals surface area contributed by atoms with Gasteiger partial charge in [-0.25, -0.2) is 9.36 Å². The minimum Gasteiger partial charge on any atom is -0.467 e. The molecule has 2 atom stereocenters. The maximum Gasteiger partial charge on any atom is 0.293 e. The number of ether oxygens (including phenoxy) is 1. The molecule has 1 N–H and O–H groups in total. The lowest BCUT2D eigenvalue weighted by atomic mass is 9.48. The molecule has 4 bridgehead atoms. The van der Waals surface area contributed by atoms with E-state index in [1.54, 1.807) is 40.2 Å². The standard InChI is InChI=1S/C26H32N6O3/c1-25(2,4-6-27)5-9-32-24(31-8-3-7-28-31)21(15-29-32)23(34)30-22-19-10-18-11-20(22)14-26(12-18,13-19)16-35-17-33/h3,5,7-9,15,17-20,22H,4,10-14,16H2,1-2H3,(H,30,34)/b9-5+. The van der Waals surface area contributed by atoms with E-state index in [1.807, 2.05) is 19.9 Å². The molecule has 4 saturated carbocycles. The monoisotopic (exact) mass is 476 g/mol. The smallest absolute Gasteiger partial charge is 0.293 e. The molecule has 4 aliphatic rings. The van der Waals surface area contributed by atoms with Crippen molar-refractivity contribution in [3.63, 3.8) is 0 Å². The number of rotatable bonds is 9. The third-order valence-electron chi connectivity index (χ3n) is 8.09. The first-order valence-electron chi connectivity index (χ1n) is 12.3. The minimum atomic E-state index is -0.325. The van der Waals surface area contributed by atoms with Crippen molar-refractivity contribution >= 4 is 18.6 Å². The van der Waals surface area contributed by atoms with Gasteiger partial charge < -0.3 is 10.1 Å². The van der Waals surface area contributed by atoms with Gasteiger partial charge in [-0.3, -0.25) is 9.59 Å². The molecule has 0 aliphatic heterocycles. The Morgan fingerprint density at radius 1 is 1.31 bits per heavy atom. The second-order valence-corrected chi connectivity index (χ2v) is 11.3. The normalized spacial score (nSPS) is 29.3. The molecule has 2 heterocycles. The summed E-state index contributed by atoms with van der Waals surface area (Å²) in [6, 6.07) is 4.13. The van der Waals surface area contributed by atoms with Gasteiger partial charge in [0.1, 0.15) is 5.56 Å². The van der Waals surface area contributed by atoms with E-state index in [0.29, 0.717) is 48.6 Å². The molecule has 2 aromatic rings. The maximum absolute atomic E-state index is 13.6. The second-order valence-electron chi connectivity index (χ2n) is 11.3. The molecule has 0 aromatic carbocycles. The number of nitrogens with one attached hydrogen (secondary N) is 1. The van der Waals surface area contributed by atoms with Crippen molar-refractivity contribution in [3.05, 3.63) is 36.3 Å². The van der Waals surface area contributed by atoms with Crippen molar-refractivity contribution < 1.29 is 14.3 Å². The number of hydrogen-bond acceptors (Lipinski definition) is 6. The minimum absolute atomic E-state index is 0.0742. The van der Waals surface area contributed by atoms with E-state index >= 15 is 0 Å². The van der Waals surface area contributed by atoms with Crippen LogP contribution in [0.1, 0.15) is 62.7 Å². The Morgan fingerprint density at radius 2 is 2.09 bits per heavy atom. The quantitative estimate of drug-likeness (QED) is 0.553. The first-order valence-corrected chi connectivity index (χ1v) is 12.3. The zero-order valence-corrected chi connectivity index (χ0v) is 20.3. The molecule has 0 saturated heterocycles. The Hall–Kier alpha value is -3.41. The Balaban J connectivity index is 1.38. The Kier molecular flexibility index (Phi) is 5.99. The number of nitriles is 1. The molecule has 0 radical (unpaired) electrons. The number of carbonyl (C=O) groups excluding carboxylic acids is 2. The summed E-state index contributed by atoms with van der Waals surface area (Å²) >= 11 is 0. The third-order valence-corrected chi connectivity index (χ3v) is 8.09. The predicted molar refractivity (Wildman–Crippen MR) is 128 cm³/mol. The lowest BCUT2D eigenvalue weighted by molar-refractivity contribution is -0.143. The second kappa shape index (κ2) is 8.99. The summed E-state index contributed by atoms with van der Waals surface area (Å²) in [6.45, 7) is 5.01. The summed E-state index contributed by atoms with van der Waals surface area (Å²) in [7, 11) is 0. The van der Waals surface area contributed by atoms with Gasteiger partial charge in [0.15, 0.2) is 5.82 Å². The maximum atomic E-state index is 13.6. The molecule has 35 heavy (non-hydrogen) atoms. The number of carbonyl (C=O) groups is 2. The van der Waals surface area contributed by atoms with Crippen LogP contribution < -0.4 is 5.32 Å². The summed E-state index contributed by atoms with van der Waals surface area (Å²) in [5, 5.41) is 21.2. The lowest BCUT2D eigenvalue weighted by Gasteiger charge is -2.59. The van der Waals surface area contributed by atoms with Crippen molar-refractivity contribution in [1.29, 1.82) is 5.26 Å². The zero-order valence-electron chi connectivity index (χ0n) is 20.3. The zero-order chi connectivity index (χ0) is 24.6. The van der Waals surface area contributed by atoms with E-state index in [9.17, 15) is 9.59 Å². The average molecular weight is 477 g/mol. The summed E-state index contributed by atoms with van der Waals surface area (Å²) in [6.07, 6.45) is 14.5. The largest absolute Gasteiger partial charge is 0.467 e. The highest BCUT2D eigenvalue weighted by Crippen LogP contribution is 2.60. The van der Waals surface area contributed by atoms with Crippen LogP contribution in [0.5, 0.6) is 0 Å². The molecule has 6 rings (SSSR count). The van der Waals surface area contributed by atoms with Crippen LogP contribution >= 0.6 is 0 Å². The fourth-order valence-electron chi connectivity index (χ4n) is 6.83. The van der Waals surface area contributed by atoms with E-state index in [-0.39, 0.29) is 22.8 Å². The topological polar surface area (TPSA) is 115 Å². The van der Waals surface area contributed by atoms with Gasteiger partial charge in [-0.2, -0.15) is 15.5 Å². The van der Waals surface area contributed by atoms with Crippen LogP contribution in [0.4, 0.5) is 0 Å². The van der Waals surface area contributed by atoms with Gasteiger partial charge in [-0.15, -0.1) is 0 Å². The summed E-state index contributed by atoms with van der Waals surface area (Å²) in [5.74, 6) is 1.86. The molecule has 9 nitrogen and oxygen atoms in total. The van der Waals surface area contributed by atoms with E-state index in [0.717, 1.165) is 32.1 Å². The predicted octanol–water partition coefficient (Wildman–Crippen LogP) is 3.58. The average Bonchev–Trinajstić information content (AvgIpc) is 3.48. The van der Waals surface area contributed by atoms with Gasteiger partial charge in [0.25, 0.3) is 12.4 Å². The van der Waals surface area contributed by atoms with Crippen molar-refractivity contribution in [2.24, 2.45) is 28.6 Å². The lowest BCUT2D eigenvalue weighted by Crippen LogP contribution is -2.60. The number of allylic oxidation sites excluding steroid dienone is 1. The number of aromatic nitrogens is 4. The van der Waals surface area contributed by atoms with Gasteiger partial charge in [-0.1, -0.05) is 19.9 Å². The highest BCUT2D eigenvalue weighted by molar-refractivity contribution is 5.97. The fraction of sp³-hybridized carbons (Fsp3) is 0.577. The number of amides is 1. The van der Waals surface area contributed by atoms with E-state index in [1.165, 1.54) is 0 Å². The molecule has 4 aliphatic carbocycles. The SMILES string of the molecule is CC(C)(/C=C/n1ncc(C(=O)NC2C3CC4CC2CC(COC=O)(C4)C3)c1-n1cccn1)CC#N. The van der Waals surface area contributed by atoms with Crippen LogP contribution in [-0.4, -0.2) is 44.6 Å².